The fourth-order valence-electron chi connectivity index (χ4n) is 2.81. The van der Waals surface area contributed by atoms with E-state index in [2.05, 4.69) is 10.6 Å². The van der Waals surface area contributed by atoms with Gasteiger partial charge in [0.25, 0.3) is 0 Å². The van der Waals surface area contributed by atoms with Gasteiger partial charge in [0, 0.05) is 13.0 Å². The van der Waals surface area contributed by atoms with Crippen molar-refractivity contribution in [1.82, 2.24) is 15.5 Å². The molecule has 0 saturated carbocycles. The van der Waals surface area contributed by atoms with Crippen LogP contribution in [-0.2, 0) is 24.0 Å². The second kappa shape index (κ2) is 10.6. The maximum atomic E-state index is 12.5. The Morgan fingerprint density at radius 1 is 1.14 bits per heavy atom. The van der Waals surface area contributed by atoms with Crippen LogP contribution in [0.15, 0.2) is 0 Å². The maximum absolute atomic E-state index is 12.5. The average Bonchev–Trinajstić information content (AvgIpc) is 3.13. The molecule has 1 saturated heterocycles. The number of aliphatic hydroxyl groups excluding tert-OH is 1. The zero-order chi connectivity index (χ0) is 21.4. The molecule has 3 amide bonds. The minimum absolute atomic E-state index is 0.251. The van der Waals surface area contributed by atoms with Crippen LogP contribution in [0.5, 0.6) is 0 Å². The van der Waals surface area contributed by atoms with Crippen molar-refractivity contribution in [3.8, 4) is 0 Å². The van der Waals surface area contributed by atoms with Gasteiger partial charge in [-0.3, -0.25) is 19.2 Å². The highest BCUT2D eigenvalue weighted by Gasteiger charge is 2.37. The number of nitrogens with one attached hydrogen (secondary N) is 2. The summed E-state index contributed by atoms with van der Waals surface area (Å²) in [5, 5.41) is 31.5. The Labute approximate surface area is 161 Å². The van der Waals surface area contributed by atoms with Gasteiger partial charge in [0.15, 0.2) is 0 Å². The third-order valence-corrected chi connectivity index (χ3v) is 4.36. The second-order valence-electron chi connectivity index (χ2n) is 6.54. The van der Waals surface area contributed by atoms with Crippen LogP contribution >= 0.6 is 0 Å². The molecule has 1 rings (SSSR count). The SMILES string of the molecule is CC(NC(=O)C(CCC(=O)O)NC(=O)C(N)CO)C(=O)N1CCCC1C(=O)O. The largest absolute Gasteiger partial charge is 0.481 e. The van der Waals surface area contributed by atoms with Gasteiger partial charge in [-0.2, -0.15) is 0 Å². The Morgan fingerprint density at radius 2 is 1.79 bits per heavy atom. The van der Waals surface area contributed by atoms with Gasteiger partial charge >= 0.3 is 11.9 Å². The van der Waals surface area contributed by atoms with E-state index in [1.54, 1.807) is 0 Å². The lowest BCUT2D eigenvalue weighted by Crippen LogP contribution is -2.56. The smallest absolute Gasteiger partial charge is 0.326 e. The molecule has 28 heavy (non-hydrogen) atoms. The lowest BCUT2D eigenvalue weighted by Gasteiger charge is -2.27. The number of rotatable bonds is 10. The second-order valence-corrected chi connectivity index (χ2v) is 6.54. The van der Waals surface area contributed by atoms with E-state index in [9.17, 15) is 24.0 Å². The van der Waals surface area contributed by atoms with Crippen molar-refractivity contribution in [3.63, 3.8) is 0 Å². The minimum Gasteiger partial charge on any atom is -0.481 e. The Hall–Kier alpha value is -2.73. The van der Waals surface area contributed by atoms with Gasteiger partial charge in [-0.1, -0.05) is 0 Å². The molecule has 12 heteroatoms. The number of likely N-dealkylation sites (tertiary alicyclic amines) is 1. The third kappa shape index (κ3) is 6.46. The standard InChI is InChI=1S/C16H26N4O8/c1-8(15(26)20-6-2-3-11(20)16(27)28)18-14(25)10(4-5-12(22)23)19-13(24)9(17)7-21/h8-11,21H,2-7,17H2,1H3,(H,18,25)(H,19,24)(H,22,23)(H,27,28). The van der Waals surface area contributed by atoms with Crippen molar-refractivity contribution in [2.45, 2.75) is 56.8 Å². The van der Waals surface area contributed by atoms with Crippen LogP contribution < -0.4 is 16.4 Å². The zero-order valence-electron chi connectivity index (χ0n) is 15.5. The summed E-state index contributed by atoms with van der Waals surface area (Å²) in [6.45, 7) is 0.951. The summed E-state index contributed by atoms with van der Waals surface area (Å²) in [4.78, 5) is 59.9. The lowest BCUT2D eigenvalue weighted by molar-refractivity contribution is -0.149. The van der Waals surface area contributed by atoms with Crippen LogP contribution in [0.1, 0.15) is 32.6 Å². The van der Waals surface area contributed by atoms with Crippen molar-refractivity contribution in [2.24, 2.45) is 5.73 Å². The van der Waals surface area contributed by atoms with Gasteiger partial charge in [-0.05, 0) is 26.2 Å². The van der Waals surface area contributed by atoms with Crippen LogP contribution in [0.2, 0.25) is 0 Å². The molecular weight excluding hydrogens is 376 g/mol. The van der Waals surface area contributed by atoms with Crippen molar-refractivity contribution < 1.29 is 39.3 Å². The molecule has 12 nitrogen and oxygen atoms in total. The molecule has 0 aromatic carbocycles. The van der Waals surface area contributed by atoms with E-state index in [1.807, 2.05) is 0 Å². The molecule has 1 heterocycles. The first kappa shape index (κ1) is 23.3. The highest BCUT2D eigenvalue weighted by atomic mass is 16.4. The topological polar surface area (TPSA) is 199 Å². The summed E-state index contributed by atoms with van der Waals surface area (Å²) >= 11 is 0. The Morgan fingerprint density at radius 3 is 2.32 bits per heavy atom. The third-order valence-electron chi connectivity index (χ3n) is 4.36. The summed E-state index contributed by atoms with van der Waals surface area (Å²) in [5.74, 6) is -4.57. The first-order chi connectivity index (χ1) is 13.1. The predicted octanol–water partition coefficient (Wildman–Crippen LogP) is -2.76. The summed E-state index contributed by atoms with van der Waals surface area (Å²) in [6.07, 6.45) is 0.160. The molecule has 4 unspecified atom stereocenters. The van der Waals surface area contributed by atoms with Crippen molar-refractivity contribution in [3.05, 3.63) is 0 Å². The number of aliphatic carboxylic acids is 2. The first-order valence-electron chi connectivity index (χ1n) is 8.80. The van der Waals surface area contributed by atoms with Gasteiger partial charge in [-0.25, -0.2) is 4.79 Å². The van der Waals surface area contributed by atoms with Gasteiger partial charge < -0.3 is 36.6 Å². The molecule has 0 radical (unpaired) electrons. The van der Waals surface area contributed by atoms with Gasteiger partial charge in [0.05, 0.1) is 6.61 Å². The number of carbonyl (C=O) groups excluding carboxylic acids is 3. The van der Waals surface area contributed by atoms with Crippen LogP contribution in [0.4, 0.5) is 0 Å². The normalized spacial score (nSPS) is 19.4. The van der Waals surface area contributed by atoms with Gasteiger partial charge in [0.2, 0.25) is 17.7 Å². The van der Waals surface area contributed by atoms with E-state index < -0.39 is 66.9 Å². The number of carboxylic acid groups (broad SMARTS) is 2. The van der Waals surface area contributed by atoms with E-state index in [0.717, 1.165) is 0 Å². The number of carbonyl (C=O) groups is 5. The summed E-state index contributed by atoms with van der Waals surface area (Å²) < 4.78 is 0. The monoisotopic (exact) mass is 402 g/mol. The molecule has 1 fully saturated rings. The molecule has 158 valence electrons. The number of amides is 3. The van der Waals surface area contributed by atoms with Gasteiger partial charge in [-0.15, -0.1) is 0 Å². The molecule has 0 aromatic rings. The van der Waals surface area contributed by atoms with Crippen LogP contribution in [-0.4, -0.2) is 87.2 Å². The lowest BCUT2D eigenvalue weighted by atomic mass is 10.1. The predicted molar refractivity (Wildman–Crippen MR) is 93.8 cm³/mol. The fourth-order valence-corrected chi connectivity index (χ4v) is 2.81. The quantitative estimate of drug-likeness (QED) is 0.224. The van der Waals surface area contributed by atoms with Crippen LogP contribution in [0, 0.1) is 0 Å². The number of hydrogen-bond donors (Lipinski definition) is 6. The number of aliphatic hydroxyl groups is 1. The molecule has 0 bridgehead atoms. The highest BCUT2D eigenvalue weighted by Crippen LogP contribution is 2.18. The Balaban J connectivity index is 2.78. The summed E-state index contributed by atoms with van der Waals surface area (Å²) in [6, 6.07) is -4.62. The van der Waals surface area contributed by atoms with Crippen LogP contribution in [0.25, 0.3) is 0 Å². The van der Waals surface area contributed by atoms with E-state index in [-0.39, 0.29) is 13.0 Å². The number of nitrogens with zero attached hydrogens (tertiary/aromatic N) is 1. The van der Waals surface area contributed by atoms with Crippen molar-refractivity contribution >= 4 is 29.7 Å². The molecule has 4 atom stereocenters. The van der Waals surface area contributed by atoms with Crippen molar-refractivity contribution in [2.75, 3.05) is 13.2 Å². The fraction of sp³-hybridized carbons (Fsp3) is 0.688. The number of nitrogens with two attached hydrogens (primary N) is 1. The number of carboxylic acids is 2. The average molecular weight is 402 g/mol. The zero-order valence-corrected chi connectivity index (χ0v) is 15.5. The summed E-state index contributed by atoms with van der Waals surface area (Å²) in [7, 11) is 0. The Kier molecular flexibility index (Phi) is 8.79. The molecular formula is C16H26N4O8. The Bertz CT molecular complexity index is 626. The molecule has 1 aliphatic rings. The highest BCUT2D eigenvalue weighted by molar-refractivity contribution is 5.94. The molecule has 0 aliphatic carbocycles. The minimum atomic E-state index is -1.29. The molecule has 0 aromatic heterocycles. The number of hydrogen-bond acceptors (Lipinski definition) is 7. The first-order valence-corrected chi connectivity index (χ1v) is 8.80. The van der Waals surface area contributed by atoms with Crippen LogP contribution in [0.3, 0.4) is 0 Å². The van der Waals surface area contributed by atoms with E-state index in [0.29, 0.717) is 12.8 Å². The van der Waals surface area contributed by atoms with E-state index in [4.69, 9.17) is 21.1 Å². The van der Waals surface area contributed by atoms with E-state index >= 15 is 0 Å². The van der Waals surface area contributed by atoms with Gasteiger partial charge in [0.1, 0.15) is 24.2 Å². The summed E-state index contributed by atoms with van der Waals surface area (Å²) in [5.41, 5.74) is 5.37. The molecule has 0 spiro atoms. The molecule has 7 N–H and O–H groups in total. The van der Waals surface area contributed by atoms with E-state index in [1.165, 1.54) is 11.8 Å². The molecule has 1 aliphatic heterocycles. The maximum Gasteiger partial charge on any atom is 0.326 e. The van der Waals surface area contributed by atoms with Crippen molar-refractivity contribution in [1.29, 1.82) is 0 Å².